The van der Waals surface area contributed by atoms with Crippen LogP contribution < -0.4 is 14.8 Å². The minimum Gasteiger partial charge on any atom is -0.493 e. The summed E-state index contributed by atoms with van der Waals surface area (Å²) in [5.41, 5.74) is 2.38. The lowest BCUT2D eigenvalue weighted by molar-refractivity contribution is -0.119. The Morgan fingerprint density at radius 1 is 1.28 bits per heavy atom. The Bertz CT molecular complexity index is 457. The van der Waals surface area contributed by atoms with E-state index < -0.39 is 0 Å². The SMILES string of the molecule is COc1cc2c(cc1OC)C(NC(C)=O)CCC2. The largest absolute Gasteiger partial charge is 0.493 e. The first-order valence-corrected chi connectivity index (χ1v) is 6.17. The summed E-state index contributed by atoms with van der Waals surface area (Å²) >= 11 is 0. The molecule has 1 unspecified atom stereocenters. The molecular formula is C14H19NO3. The molecule has 18 heavy (non-hydrogen) atoms. The average Bonchev–Trinajstić information content (AvgIpc) is 2.37. The van der Waals surface area contributed by atoms with Gasteiger partial charge in [0.2, 0.25) is 5.91 Å². The molecule has 1 aromatic carbocycles. The Labute approximate surface area is 107 Å². The van der Waals surface area contributed by atoms with E-state index in [4.69, 9.17) is 9.47 Å². The van der Waals surface area contributed by atoms with Crippen molar-refractivity contribution in [3.63, 3.8) is 0 Å². The lowest BCUT2D eigenvalue weighted by Crippen LogP contribution is -2.29. The third kappa shape index (κ3) is 2.42. The van der Waals surface area contributed by atoms with Gasteiger partial charge in [0.25, 0.3) is 0 Å². The van der Waals surface area contributed by atoms with Gasteiger partial charge in [-0.3, -0.25) is 4.79 Å². The highest BCUT2D eigenvalue weighted by molar-refractivity contribution is 5.73. The molecule has 1 aliphatic carbocycles. The van der Waals surface area contributed by atoms with Crippen molar-refractivity contribution < 1.29 is 14.3 Å². The third-order valence-corrected chi connectivity index (χ3v) is 3.34. The maximum absolute atomic E-state index is 11.2. The number of hydrogen-bond acceptors (Lipinski definition) is 3. The fraction of sp³-hybridized carbons (Fsp3) is 0.500. The van der Waals surface area contributed by atoms with Gasteiger partial charge >= 0.3 is 0 Å². The molecule has 1 N–H and O–H groups in total. The lowest BCUT2D eigenvalue weighted by atomic mass is 9.87. The molecule has 1 atom stereocenters. The quantitative estimate of drug-likeness (QED) is 0.893. The minimum absolute atomic E-state index is 0.00244. The average molecular weight is 249 g/mol. The maximum atomic E-state index is 11.2. The highest BCUT2D eigenvalue weighted by Gasteiger charge is 2.23. The molecular weight excluding hydrogens is 230 g/mol. The standard InChI is InChI=1S/C14H19NO3/c1-9(16)15-12-6-4-5-10-7-13(17-2)14(18-3)8-11(10)12/h7-8,12H,4-6H2,1-3H3,(H,15,16). The smallest absolute Gasteiger partial charge is 0.217 e. The summed E-state index contributed by atoms with van der Waals surface area (Å²) in [5, 5.41) is 2.99. The van der Waals surface area contributed by atoms with E-state index in [1.807, 2.05) is 12.1 Å². The number of rotatable bonds is 3. The number of carbonyl (C=O) groups is 1. The van der Waals surface area contributed by atoms with Crippen molar-refractivity contribution >= 4 is 5.91 Å². The van der Waals surface area contributed by atoms with Crippen LogP contribution in [0.5, 0.6) is 11.5 Å². The number of benzene rings is 1. The van der Waals surface area contributed by atoms with Crippen molar-refractivity contribution in [2.24, 2.45) is 0 Å². The third-order valence-electron chi connectivity index (χ3n) is 3.34. The molecule has 1 aliphatic rings. The second-order valence-corrected chi connectivity index (χ2v) is 4.55. The Hall–Kier alpha value is -1.71. The summed E-state index contributed by atoms with van der Waals surface area (Å²) in [7, 11) is 3.26. The van der Waals surface area contributed by atoms with Gasteiger partial charge in [0.15, 0.2) is 11.5 Å². The monoisotopic (exact) mass is 249 g/mol. The number of methoxy groups -OCH3 is 2. The van der Waals surface area contributed by atoms with Gasteiger partial charge in [0.05, 0.1) is 20.3 Å². The van der Waals surface area contributed by atoms with Gasteiger partial charge < -0.3 is 14.8 Å². The molecule has 1 amide bonds. The number of fused-ring (bicyclic) bond motifs is 1. The van der Waals surface area contributed by atoms with E-state index in [0.717, 1.165) is 30.6 Å². The van der Waals surface area contributed by atoms with Crippen LogP contribution in [0.15, 0.2) is 12.1 Å². The van der Waals surface area contributed by atoms with E-state index in [9.17, 15) is 4.79 Å². The van der Waals surface area contributed by atoms with Gasteiger partial charge in [-0.1, -0.05) is 0 Å². The first-order chi connectivity index (χ1) is 8.65. The zero-order valence-electron chi connectivity index (χ0n) is 11.1. The van der Waals surface area contributed by atoms with Crippen molar-refractivity contribution in [1.29, 1.82) is 0 Å². The van der Waals surface area contributed by atoms with E-state index >= 15 is 0 Å². The second kappa shape index (κ2) is 5.29. The molecule has 0 fully saturated rings. The van der Waals surface area contributed by atoms with Crippen LogP contribution in [0.3, 0.4) is 0 Å². The number of ether oxygens (including phenoxy) is 2. The van der Waals surface area contributed by atoms with Crippen molar-refractivity contribution in [2.75, 3.05) is 14.2 Å². The predicted octanol–water partition coefficient (Wildman–Crippen LogP) is 2.22. The molecule has 2 rings (SSSR count). The molecule has 0 radical (unpaired) electrons. The van der Waals surface area contributed by atoms with Crippen LogP contribution in [-0.2, 0) is 11.2 Å². The van der Waals surface area contributed by atoms with Crippen molar-refractivity contribution in [1.82, 2.24) is 5.32 Å². The first kappa shape index (κ1) is 12.7. The molecule has 98 valence electrons. The lowest BCUT2D eigenvalue weighted by Gasteiger charge is -2.27. The van der Waals surface area contributed by atoms with Gasteiger partial charge in [-0.15, -0.1) is 0 Å². The topological polar surface area (TPSA) is 47.6 Å². The summed E-state index contributed by atoms with van der Waals surface area (Å²) in [4.78, 5) is 11.2. The van der Waals surface area contributed by atoms with E-state index in [2.05, 4.69) is 5.32 Å². The number of aryl methyl sites for hydroxylation is 1. The molecule has 4 nitrogen and oxygen atoms in total. The van der Waals surface area contributed by atoms with Crippen LogP contribution in [0.2, 0.25) is 0 Å². The van der Waals surface area contributed by atoms with Gasteiger partial charge in [0, 0.05) is 6.92 Å². The molecule has 0 aliphatic heterocycles. The normalized spacial score (nSPS) is 17.8. The zero-order chi connectivity index (χ0) is 13.1. The summed E-state index contributed by atoms with van der Waals surface area (Å²) in [6.45, 7) is 1.55. The summed E-state index contributed by atoms with van der Waals surface area (Å²) in [5.74, 6) is 1.47. The number of amides is 1. The second-order valence-electron chi connectivity index (χ2n) is 4.55. The van der Waals surface area contributed by atoms with Crippen LogP contribution in [-0.4, -0.2) is 20.1 Å². The fourth-order valence-electron chi connectivity index (χ4n) is 2.53. The van der Waals surface area contributed by atoms with Crippen molar-refractivity contribution in [2.45, 2.75) is 32.2 Å². The highest BCUT2D eigenvalue weighted by atomic mass is 16.5. The van der Waals surface area contributed by atoms with E-state index in [1.165, 1.54) is 5.56 Å². The summed E-state index contributed by atoms with van der Waals surface area (Å²) < 4.78 is 10.6. The van der Waals surface area contributed by atoms with Crippen molar-refractivity contribution in [3.8, 4) is 11.5 Å². The molecule has 0 saturated carbocycles. The van der Waals surface area contributed by atoms with E-state index in [0.29, 0.717) is 5.75 Å². The van der Waals surface area contributed by atoms with Gasteiger partial charge in [0.1, 0.15) is 0 Å². The summed E-state index contributed by atoms with van der Waals surface area (Å²) in [6, 6.07) is 4.09. The predicted molar refractivity (Wildman–Crippen MR) is 69.0 cm³/mol. The molecule has 4 heteroatoms. The van der Waals surface area contributed by atoms with E-state index in [-0.39, 0.29) is 11.9 Å². The fourth-order valence-corrected chi connectivity index (χ4v) is 2.53. The Morgan fingerprint density at radius 3 is 2.56 bits per heavy atom. The minimum atomic E-state index is 0.00244. The van der Waals surface area contributed by atoms with Crippen molar-refractivity contribution in [3.05, 3.63) is 23.3 Å². The molecule has 0 saturated heterocycles. The Morgan fingerprint density at radius 2 is 1.94 bits per heavy atom. The van der Waals surface area contributed by atoms with Crippen LogP contribution >= 0.6 is 0 Å². The molecule has 0 heterocycles. The van der Waals surface area contributed by atoms with E-state index in [1.54, 1.807) is 21.1 Å². The Balaban J connectivity index is 2.40. The first-order valence-electron chi connectivity index (χ1n) is 6.17. The maximum Gasteiger partial charge on any atom is 0.217 e. The molecule has 0 spiro atoms. The van der Waals surface area contributed by atoms with Crippen LogP contribution in [0.4, 0.5) is 0 Å². The van der Waals surface area contributed by atoms with Gasteiger partial charge in [-0.2, -0.15) is 0 Å². The summed E-state index contributed by atoms with van der Waals surface area (Å²) in [6.07, 6.45) is 3.07. The van der Waals surface area contributed by atoms with Crippen LogP contribution in [0.1, 0.15) is 36.9 Å². The van der Waals surface area contributed by atoms with Crippen LogP contribution in [0, 0.1) is 0 Å². The number of carbonyl (C=O) groups excluding carboxylic acids is 1. The molecule has 0 bridgehead atoms. The number of hydrogen-bond donors (Lipinski definition) is 1. The van der Waals surface area contributed by atoms with Gasteiger partial charge in [-0.25, -0.2) is 0 Å². The van der Waals surface area contributed by atoms with Crippen LogP contribution in [0.25, 0.3) is 0 Å². The number of nitrogens with one attached hydrogen (secondary N) is 1. The molecule has 1 aromatic rings. The Kier molecular flexibility index (Phi) is 3.75. The molecule has 0 aromatic heterocycles. The highest BCUT2D eigenvalue weighted by Crippen LogP contribution is 2.38. The zero-order valence-corrected chi connectivity index (χ0v) is 11.1. The van der Waals surface area contributed by atoms with Gasteiger partial charge in [-0.05, 0) is 42.5 Å².